The van der Waals surface area contributed by atoms with Crippen LogP contribution in [0, 0.1) is 11.6 Å². The van der Waals surface area contributed by atoms with Crippen molar-refractivity contribution in [3.63, 3.8) is 0 Å². The molecule has 1 aromatic carbocycles. The van der Waals surface area contributed by atoms with Gasteiger partial charge >= 0.3 is 0 Å². The predicted octanol–water partition coefficient (Wildman–Crippen LogP) is 2.82. The monoisotopic (exact) mass is 371 g/mol. The minimum atomic E-state index is -0.767. The first-order valence-electron chi connectivity index (χ1n) is 8.45. The summed E-state index contributed by atoms with van der Waals surface area (Å²) in [4.78, 5) is 26.5. The van der Waals surface area contributed by atoms with E-state index in [0.717, 1.165) is 18.2 Å². The van der Waals surface area contributed by atoms with Crippen molar-refractivity contribution in [3.8, 4) is 11.6 Å². The maximum Gasteiger partial charge on any atom is 0.278 e. The number of carbonyl (C=O) groups excluding carboxylic acids is 1. The van der Waals surface area contributed by atoms with Crippen LogP contribution in [0.4, 0.5) is 8.78 Å². The van der Waals surface area contributed by atoms with Crippen LogP contribution in [0.1, 0.15) is 34.9 Å². The van der Waals surface area contributed by atoms with Gasteiger partial charge < -0.3 is 9.42 Å². The molecule has 2 aromatic heterocycles. The highest BCUT2D eigenvalue weighted by atomic mass is 19.1. The first-order chi connectivity index (χ1) is 13.1. The number of benzene rings is 1. The zero-order valence-corrected chi connectivity index (χ0v) is 14.2. The fourth-order valence-corrected chi connectivity index (χ4v) is 3.11. The third-order valence-corrected chi connectivity index (χ3v) is 4.48. The summed E-state index contributed by atoms with van der Waals surface area (Å²) < 4.78 is 31.9. The highest BCUT2D eigenvalue weighted by molar-refractivity contribution is 5.94. The molecular weight excluding hydrogens is 356 g/mol. The smallest absolute Gasteiger partial charge is 0.278 e. The van der Waals surface area contributed by atoms with Crippen molar-refractivity contribution in [1.82, 2.24) is 25.0 Å². The number of halogens is 2. The summed E-state index contributed by atoms with van der Waals surface area (Å²) in [6.45, 7) is 0.882. The highest BCUT2D eigenvalue weighted by Crippen LogP contribution is 2.28. The van der Waals surface area contributed by atoms with Gasteiger partial charge in [-0.2, -0.15) is 4.98 Å². The van der Waals surface area contributed by atoms with E-state index in [1.54, 1.807) is 17.3 Å². The van der Waals surface area contributed by atoms with E-state index in [1.807, 2.05) is 0 Å². The first-order valence-corrected chi connectivity index (χ1v) is 8.45. The van der Waals surface area contributed by atoms with Crippen LogP contribution in [-0.2, 0) is 0 Å². The van der Waals surface area contributed by atoms with E-state index < -0.39 is 11.6 Å². The molecule has 0 spiro atoms. The number of likely N-dealkylation sites (tertiary alicyclic amines) is 1. The number of nitrogens with zero attached hydrogens (tertiary/aromatic N) is 5. The van der Waals surface area contributed by atoms with Crippen LogP contribution < -0.4 is 0 Å². The van der Waals surface area contributed by atoms with Gasteiger partial charge in [0.25, 0.3) is 11.8 Å². The van der Waals surface area contributed by atoms with Gasteiger partial charge in [-0.15, -0.1) is 0 Å². The van der Waals surface area contributed by atoms with Crippen molar-refractivity contribution in [3.05, 3.63) is 59.8 Å². The number of rotatable bonds is 3. The van der Waals surface area contributed by atoms with E-state index in [-0.39, 0.29) is 17.4 Å². The van der Waals surface area contributed by atoms with E-state index in [2.05, 4.69) is 20.1 Å². The Morgan fingerprint density at radius 2 is 1.85 bits per heavy atom. The molecule has 1 saturated heterocycles. The summed E-state index contributed by atoms with van der Waals surface area (Å²) in [6.07, 6.45) is 5.89. The Kier molecular flexibility index (Phi) is 4.57. The van der Waals surface area contributed by atoms with Crippen LogP contribution in [0.15, 0.2) is 41.3 Å². The zero-order chi connectivity index (χ0) is 18.8. The van der Waals surface area contributed by atoms with Crippen LogP contribution in [0.3, 0.4) is 0 Å². The van der Waals surface area contributed by atoms with Gasteiger partial charge in [-0.05, 0) is 25.0 Å². The summed E-state index contributed by atoms with van der Waals surface area (Å²) in [5, 5.41) is 4.01. The van der Waals surface area contributed by atoms with Gasteiger partial charge in [0.15, 0.2) is 5.82 Å². The molecule has 3 heterocycles. The highest BCUT2D eigenvalue weighted by Gasteiger charge is 2.28. The lowest BCUT2D eigenvalue weighted by Crippen LogP contribution is -2.38. The van der Waals surface area contributed by atoms with Gasteiger partial charge in [0, 0.05) is 43.0 Å². The fourth-order valence-electron chi connectivity index (χ4n) is 3.11. The molecule has 9 heteroatoms. The van der Waals surface area contributed by atoms with Crippen molar-refractivity contribution in [1.29, 1.82) is 0 Å². The number of hydrogen-bond acceptors (Lipinski definition) is 6. The van der Waals surface area contributed by atoms with Gasteiger partial charge in [-0.1, -0.05) is 5.16 Å². The second-order valence-corrected chi connectivity index (χ2v) is 6.27. The van der Waals surface area contributed by atoms with Crippen molar-refractivity contribution in [2.24, 2.45) is 0 Å². The lowest BCUT2D eigenvalue weighted by molar-refractivity contribution is 0.0709. The molecule has 1 aliphatic rings. The van der Waals surface area contributed by atoms with Crippen LogP contribution in [0.2, 0.25) is 0 Å². The van der Waals surface area contributed by atoms with E-state index in [4.69, 9.17) is 4.52 Å². The fraction of sp³-hybridized carbons (Fsp3) is 0.278. The average Bonchev–Trinajstić information content (AvgIpc) is 3.18. The number of aromatic nitrogens is 4. The molecule has 1 amide bonds. The minimum absolute atomic E-state index is 0.00968. The molecule has 1 fully saturated rings. The Labute approximate surface area is 153 Å². The standard InChI is InChI=1S/C18H15F2N5O2/c19-13-7-12(8-14(20)9-13)18(26)25-5-1-11(2-6-25)16-23-17(27-24-16)15-10-21-3-4-22-15/h3-4,7-11H,1-2,5-6H2. The molecule has 0 radical (unpaired) electrons. The summed E-state index contributed by atoms with van der Waals surface area (Å²) in [7, 11) is 0. The van der Waals surface area contributed by atoms with Gasteiger partial charge in [0.1, 0.15) is 17.3 Å². The number of piperidine rings is 1. The zero-order valence-electron chi connectivity index (χ0n) is 14.2. The quantitative estimate of drug-likeness (QED) is 0.704. The Hall–Kier alpha value is -3.23. The molecule has 27 heavy (non-hydrogen) atoms. The van der Waals surface area contributed by atoms with Crippen molar-refractivity contribution >= 4 is 5.91 Å². The lowest BCUT2D eigenvalue weighted by atomic mass is 9.95. The van der Waals surface area contributed by atoms with Crippen molar-refractivity contribution in [2.75, 3.05) is 13.1 Å². The van der Waals surface area contributed by atoms with E-state index in [9.17, 15) is 13.6 Å². The maximum absolute atomic E-state index is 13.3. The topological polar surface area (TPSA) is 85.0 Å². The van der Waals surface area contributed by atoms with Crippen molar-refractivity contribution in [2.45, 2.75) is 18.8 Å². The maximum atomic E-state index is 13.3. The van der Waals surface area contributed by atoms with E-state index >= 15 is 0 Å². The van der Waals surface area contributed by atoms with Crippen LogP contribution in [-0.4, -0.2) is 44.0 Å². The molecule has 0 saturated carbocycles. The largest absolute Gasteiger partial charge is 0.339 e. The Balaban J connectivity index is 1.42. The summed E-state index contributed by atoms with van der Waals surface area (Å²) in [5.74, 6) is -1.03. The van der Waals surface area contributed by atoms with Gasteiger partial charge in [-0.25, -0.2) is 13.8 Å². The first kappa shape index (κ1) is 17.2. The molecule has 0 unspecified atom stereocenters. The lowest BCUT2D eigenvalue weighted by Gasteiger charge is -2.30. The molecular formula is C18H15F2N5O2. The van der Waals surface area contributed by atoms with Crippen LogP contribution >= 0.6 is 0 Å². The van der Waals surface area contributed by atoms with Crippen molar-refractivity contribution < 1.29 is 18.1 Å². The van der Waals surface area contributed by atoms with E-state index in [1.165, 1.54) is 6.20 Å². The molecule has 4 rings (SSSR count). The molecule has 0 bridgehead atoms. The number of hydrogen-bond donors (Lipinski definition) is 0. The molecule has 3 aromatic rings. The van der Waals surface area contributed by atoms with Gasteiger partial charge in [0.2, 0.25) is 0 Å². The molecule has 7 nitrogen and oxygen atoms in total. The Morgan fingerprint density at radius 3 is 2.52 bits per heavy atom. The van der Waals surface area contributed by atoms with Gasteiger partial charge in [-0.3, -0.25) is 9.78 Å². The summed E-state index contributed by atoms with van der Waals surface area (Å²) in [5.41, 5.74) is 0.507. The Bertz CT molecular complexity index is 935. The summed E-state index contributed by atoms with van der Waals surface area (Å²) >= 11 is 0. The second kappa shape index (κ2) is 7.18. The number of carbonyl (C=O) groups is 1. The SMILES string of the molecule is O=C(c1cc(F)cc(F)c1)N1CCC(c2noc(-c3cnccn3)n2)CC1. The normalized spacial score (nSPS) is 15.1. The average molecular weight is 371 g/mol. The molecule has 0 aliphatic carbocycles. The van der Waals surface area contributed by atoms with Crippen LogP contribution in [0.5, 0.6) is 0 Å². The third kappa shape index (κ3) is 3.67. The third-order valence-electron chi connectivity index (χ3n) is 4.48. The molecule has 0 N–H and O–H groups in total. The molecule has 138 valence electrons. The van der Waals surface area contributed by atoms with E-state index in [0.29, 0.717) is 43.3 Å². The Morgan fingerprint density at radius 1 is 1.11 bits per heavy atom. The van der Waals surface area contributed by atoms with Gasteiger partial charge in [0.05, 0.1) is 6.20 Å². The molecule has 0 atom stereocenters. The van der Waals surface area contributed by atoms with Crippen LogP contribution in [0.25, 0.3) is 11.6 Å². The minimum Gasteiger partial charge on any atom is -0.339 e. The predicted molar refractivity (Wildman–Crippen MR) is 89.6 cm³/mol. The second-order valence-electron chi connectivity index (χ2n) is 6.27. The molecule has 1 aliphatic heterocycles. The number of amides is 1. The summed E-state index contributed by atoms with van der Waals surface area (Å²) in [6, 6.07) is 2.83.